The van der Waals surface area contributed by atoms with Crippen molar-refractivity contribution in [1.29, 1.82) is 0 Å². The molecule has 0 aliphatic carbocycles. The third-order valence-corrected chi connectivity index (χ3v) is 4.67. The molecule has 8 nitrogen and oxygen atoms in total. The molecule has 0 radical (unpaired) electrons. The molecule has 8 heteroatoms. The third-order valence-electron chi connectivity index (χ3n) is 4.67. The van der Waals surface area contributed by atoms with Crippen molar-refractivity contribution in [1.82, 2.24) is 29.3 Å². The minimum Gasteiger partial charge on any atom is -0.356 e. The fourth-order valence-corrected chi connectivity index (χ4v) is 3.32. The predicted octanol–water partition coefficient (Wildman–Crippen LogP) is 0.837. The van der Waals surface area contributed by atoms with E-state index >= 15 is 0 Å². The van der Waals surface area contributed by atoms with E-state index in [4.69, 9.17) is 0 Å². The van der Waals surface area contributed by atoms with Gasteiger partial charge in [0, 0.05) is 38.9 Å². The Bertz CT molecular complexity index is 908. The number of nitrogens with zero attached hydrogens (tertiary/aromatic N) is 7. The molecule has 1 aliphatic heterocycles. The van der Waals surface area contributed by atoms with Crippen molar-refractivity contribution in [3.05, 3.63) is 41.5 Å². The van der Waals surface area contributed by atoms with Gasteiger partial charge in [-0.1, -0.05) is 0 Å². The van der Waals surface area contributed by atoms with E-state index in [0.29, 0.717) is 5.92 Å². The summed E-state index contributed by atoms with van der Waals surface area (Å²) in [5.74, 6) is 1.43. The second-order valence-corrected chi connectivity index (χ2v) is 6.20. The molecule has 1 aliphatic rings. The van der Waals surface area contributed by atoms with Crippen LogP contribution >= 0.6 is 0 Å². The Morgan fingerprint density at radius 1 is 1.25 bits per heavy atom. The Labute approximate surface area is 138 Å². The SMILES string of the molecule is Cn1ncc2c(N3CCC(Cn4cnccc4=O)CC3)ncnc21. The van der Waals surface area contributed by atoms with Crippen LogP contribution in [0.1, 0.15) is 12.8 Å². The van der Waals surface area contributed by atoms with Gasteiger partial charge in [-0.2, -0.15) is 5.10 Å². The molecule has 0 spiro atoms. The van der Waals surface area contributed by atoms with Crippen LogP contribution in [0.2, 0.25) is 0 Å². The summed E-state index contributed by atoms with van der Waals surface area (Å²) >= 11 is 0. The summed E-state index contributed by atoms with van der Waals surface area (Å²) in [4.78, 5) is 26.9. The average Bonchev–Trinajstić information content (AvgIpc) is 2.99. The number of aromatic nitrogens is 6. The minimum atomic E-state index is 0.0142. The smallest absolute Gasteiger partial charge is 0.253 e. The Morgan fingerprint density at radius 3 is 2.88 bits per heavy atom. The second kappa shape index (κ2) is 6.03. The lowest BCUT2D eigenvalue weighted by molar-refractivity contribution is 0.350. The first-order chi connectivity index (χ1) is 11.7. The molecule has 1 fully saturated rings. The lowest BCUT2D eigenvalue weighted by Crippen LogP contribution is -2.36. The summed E-state index contributed by atoms with van der Waals surface area (Å²) in [5.41, 5.74) is 0.865. The number of aryl methyl sites for hydroxylation is 1. The molecule has 0 saturated carbocycles. The van der Waals surface area contributed by atoms with Crippen LogP contribution in [0.4, 0.5) is 5.82 Å². The van der Waals surface area contributed by atoms with Crippen molar-refractivity contribution in [2.45, 2.75) is 19.4 Å². The molecule has 3 aromatic rings. The number of hydrogen-bond donors (Lipinski definition) is 0. The monoisotopic (exact) mass is 325 g/mol. The Morgan fingerprint density at radius 2 is 2.08 bits per heavy atom. The van der Waals surface area contributed by atoms with Crippen LogP contribution in [0.5, 0.6) is 0 Å². The van der Waals surface area contributed by atoms with Gasteiger partial charge in [0.25, 0.3) is 5.56 Å². The molecule has 0 unspecified atom stereocenters. The number of hydrogen-bond acceptors (Lipinski definition) is 6. The van der Waals surface area contributed by atoms with Crippen LogP contribution in [0, 0.1) is 5.92 Å². The van der Waals surface area contributed by atoms with Gasteiger partial charge in [0.15, 0.2) is 5.65 Å². The molecule has 1 saturated heterocycles. The van der Waals surface area contributed by atoms with E-state index in [1.54, 1.807) is 21.9 Å². The van der Waals surface area contributed by atoms with E-state index < -0.39 is 0 Å². The lowest BCUT2D eigenvalue weighted by Gasteiger charge is -2.33. The van der Waals surface area contributed by atoms with Crippen LogP contribution in [-0.4, -0.2) is 42.4 Å². The van der Waals surface area contributed by atoms with Gasteiger partial charge < -0.3 is 4.90 Å². The summed E-state index contributed by atoms with van der Waals surface area (Å²) in [5, 5.41) is 5.26. The van der Waals surface area contributed by atoms with Gasteiger partial charge in [0.05, 0.1) is 17.9 Å². The van der Waals surface area contributed by atoms with Gasteiger partial charge in [-0.25, -0.2) is 15.0 Å². The van der Waals surface area contributed by atoms with Crippen molar-refractivity contribution in [3.8, 4) is 0 Å². The van der Waals surface area contributed by atoms with Crippen LogP contribution in [0.25, 0.3) is 11.0 Å². The molecule has 0 bridgehead atoms. The zero-order valence-electron chi connectivity index (χ0n) is 13.5. The van der Waals surface area contributed by atoms with Gasteiger partial charge in [0.1, 0.15) is 12.1 Å². The van der Waals surface area contributed by atoms with Crippen molar-refractivity contribution >= 4 is 16.9 Å². The lowest BCUT2D eigenvalue weighted by atomic mass is 9.96. The summed E-state index contributed by atoms with van der Waals surface area (Å²) < 4.78 is 3.46. The quantitative estimate of drug-likeness (QED) is 0.710. The van der Waals surface area contributed by atoms with Gasteiger partial charge in [-0.15, -0.1) is 0 Å². The van der Waals surface area contributed by atoms with E-state index in [2.05, 4.69) is 25.0 Å². The molecular formula is C16H19N7O. The molecule has 3 aromatic heterocycles. The zero-order chi connectivity index (χ0) is 16.5. The maximum Gasteiger partial charge on any atom is 0.253 e. The molecule has 0 N–H and O–H groups in total. The first kappa shape index (κ1) is 14.8. The molecule has 0 atom stereocenters. The molecule has 124 valence electrons. The molecule has 4 heterocycles. The minimum absolute atomic E-state index is 0.0142. The van der Waals surface area contributed by atoms with E-state index in [1.165, 1.54) is 12.3 Å². The molecule has 4 rings (SSSR count). The Hall–Kier alpha value is -2.77. The van der Waals surface area contributed by atoms with Crippen molar-refractivity contribution < 1.29 is 0 Å². The summed E-state index contributed by atoms with van der Waals surface area (Å²) in [6.45, 7) is 2.56. The highest BCUT2D eigenvalue weighted by Crippen LogP contribution is 2.27. The predicted molar refractivity (Wildman–Crippen MR) is 89.7 cm³/mol. The van der Waals surface area contributed by atoms with Crippen LogP contribution in [0.3, 0.4) is 0 Å². The standard InChI is InChI=1S/C16H19N7O/c1-21-15-13(8-20-21)16(19-10-18-15)22-6-3-12(4-7-22)9-23-11-17-5-2-14(23)24/h2,5,8,10-12H,3-4,6-7,9H2,1H3. The normalized spacial score (nSPS) is 16.0. The van der Waals surface area contributed by atoms with E-state index in [9.17, 15) is 4.79 Å². The van der Waals surface area contributed by atoms with E-state index in [1.807, 2.05) is 13.2 Å². The summed E-state index contributed by atoms with van der Waals surface area (Å²) in [6.07, 6.45) is 8.63. The number of rotatable bonds is 3. The maximum atomic E-state index is 11.8. The second-order valence-electron chi connectivity index (χ2n) is 6.20. The molecule has 0 aromatic carbocycles. The Kier molecular flexibility index (Phi) is 3.72. The Balaban J connectivity index is 1.48. The highest BCUT2D eigenvalue weighted by atomic mass is 16.1. The van der Waals surface area contributed by atoms with Crippen molar-refractivity contribution in [2.24, 2.45) is 13.0 Å². The summed E-state index contributed by atoms with van der Waals surface area (Å²) in [7, 11) is 1.89. The fraction of sp³-hybridized carbons (Fsp3) is 0.438. The highest BCUT2D eigenvalue weighted by Gasteiger charge is 2.23. The van der Waals surface area contributed by atoms with Gasteiger partial charge >= 0.3 is 0 Å². The van der Waals surface area contributed by atoms with Gasteiger partial charge in [-0.3, -0.25) is 14.0 Å². The van der Waals surface area contributed by atoms with Gasteiger partial charge in [0.2, 0.25) is 0 Å². The number of anilines is 1. The topological polar surface area (TPSA) is 81.7 Å². The zero-order valence-corrected chi connectivity index (χ0v) is 13.5. The fourth-order valence-electron chi connectivity index (χ4n) is 3.32. The van der Waals surface area contributed by atoms with Crippen LogP contribution < -0.4 is 10.5 Å². The largest absolute Gasteiger partial charge is 0.356 e. The van der Waals surface area contributed by atoms with Crippen LogP contribution in [-0.2, 0) is 13.6 Å². The molecule has 0 amide bonds. The van der Waals surface area contributed by atoms with Crippen LogP contribution in [0.15, 0.2) is 35.9 Å². The number of piperidine rings is 1. The first-order valence-electron chi connectivity index (χ1n) is 8.10. The average molecular weight is 325 g/mol. The molecule has 24 heavy (non-hydrogen) atoms. The highest BCUT2D eigenvalue weighted by molar-refractivity contribution is 5.86. The number of fused-ring (bicyclic) bond motifs is 1. The maximum absolute atomic E-state index is 11.8. The third kappa shape index (κ3) is 2.64. The molecular weight excluding hydrogens is 306 g/mol. The van der Waals surface area contributed by atoms with Gasteiger partial charge in [-0.05, 0) is 18.8 Å². The van der Waals surface area contributed by atoms with E-state index in [0.717, 1.165) is 49.3 Å². The van der Waals surface area contributed by atoms with Crippen molar-refractivity contribution in [3.63, 3.8) is 0 Å². The first-order valence-corrected chi connectivity index (χ1v) is 8.10. The van der Waals surface area contributed by atoms with E-state index in [-0.39, 0.29) is 5.56 Å². The summed E-state index contributed by atoms with van der Waals surface area (Å²) in [6, 6.07) is 1.51. The van der Waals surface area contributed by atoms with Crippen molar-refractivity contribution in [2.75, 3.05) is 18.0 Å².